The molecule has 164 valence electrons. The zero-order valence-electron chi connectivity index (χ0n) is 16.9. The van der Waals surface area contributed by atoms with Crippen LogP contribution < -0.4 is 5.43 Å². The van der Waals surface area contributed by atoms with Crippen LogP contribution in [0.25, 0.3) is 11.4 Å². The van der Waals surface area contributed by atoms with E-state index in [0.717, 1.165) is 23.0 Å². The number of nitrogens with zero attached hydrogens (tertiary/aromatic N) is 4. The zero-order chi connectivity index (χ0) is 22.8. The van der Waals surface area contributed by atoms with Crippen LogP contribution in [-0.2, 0) is 9.63 Å². The molecule has 2 N–H and O–H groups in total. The molecule has 1 atom stereocenters. The molecule has 1 aliphatic rings. The highest BCUT2D eigenvalue weighted by molar-refractivity contribution is 9.12. The number of hydrogen-bond acceptors (Lipinski definition) is 8. The number of carbonyl (C=O) groups is 1. The number of rotatable bonds is 6. The lowest BCUT2D eigenvalue weighted by atomic mass is 10.1. The van der Waals surface area contributed by atoms with Crippen molar-refractivity contribution in [1.29, 1.82) is 0 Å². The van der Waals surface area contributed by atoms with Gasteiger partial charge >= 0.3 is 5.97 Å². The second-order valence-electron chi connectivity index (χ2n) is 7.02. The first-order valence-corrected chi connectivity index (χ1v) is 11.5. The van der Waals surface area contributed by atoms with Crippen molar-refractivity contribution in [3.8, 4) is 17.1 Å². The van der Waals surface area contributed by atoms with E-state index in [9.17, 15) is 9.90 Å². The number of carbonyl (C=O) groups excluding carboxylic acids is 1. The third kappa shape index (κ3) is 3.98. The van der Waals surface area contributed by atoms with Gasteiger partial charge in [-0.25, -0.2) is 9.47 Å². The van der Waals surface area contributed by atoms with Crippen molar-refractivity contribution >= 4 is 45.1 Å². The Balaban J connectivity index is 1.59. The van der Waals surface area contributed by atoms with E-state index in [4.69, 9.17) is 4.84 Å². The molecular weight excluding hydrogens is 506 g/mol. The van der Waals surface area contributed by atoms with Gasteiger partial charge in [0.15, 0.2) is 5.82 Å². The summed E-state index contributed by atoms with van der Waals surface area (Å²) in [4.78, 5) is 17.8. The van der Waals surface area contributed by atoms with Crippen LogP contribution in [0, 0.1) is 0 Å². The van der Waals surface area contributed by atoms with E-state index < -0.39 is 9.63 Å². The quantitative estimate of drug-likeness (QED) is 0.280. The molecule has 0 aliphatic carbocycles. The predicted molar refractivity (Wildman–Crippen MR) is 129 cm³/mol. The molecular formula is C23H16BrN5O3S. The van der Waals surface area contributed by atoms with E-state index >= 15 is 0 Å². The molecule has 1 aliphatic heterocycles. The van der Waals surface area contributed by atoms with Gasteiger partial charge in [-0.2, -0.15) is 0 Å². The lowest BCUT2D eigenvalue weighted by molar-refractivity contribution is -0.140. The van der Waals surface area contributed by atoms with Crippen LogP contribution in [0.5, 0.6) is 5.75 Å². The number of benzene rings is 3. The average molecular weight is 522 g/mol. The molecule has 3 aromatic carbocycles. The fraction of sp³-hybridized carbons (Fsp3) is 0.0435. The maximum absolute atomic E-state index is 12.8. The first-order chi connectivity index (χ1) is 16.1. The number of oxime groups is 1. The second-order valence-corrected chi connectivity index (χ2v) is 9.91. The Morgan fingerprint density at radius 2 is 1.61 bits per heavy atom. The van der Waals surface area contributed by atoms with E-state index in [0.29, 0.717) is 22.3 Å². The first kappa shape index (κ1) is 21.2. The monoisotopic (exact) mass is 521 g/mol. The Kier molecular flexibility index (Phi) is 5.61. The highest BCUT2D eigenvalue weighted by Crippen LogP contribution is 2.45. The van der Waals surface area contributed by atoms with Gasteiger partial charge in [-0.15, -0.1) is 10.2 Å². The Hall–Kier alpha value is -3.63. The van der Waals surface area contributed by atoms with Crippen LogP contribution >= 0.6 is 27.7 Å². The first-order valence-electron chi connectivity index (χ1n) is 9.85. The Bertz CT molecular complexity index is 1350. The number of hydrogen-bond donors (Lipinski definition) is 2. The van der Waals surface area contributed by atoms with Gasteiger partial charge in [0.05, 0.1) is 11.3 Å². The van der Waals surface area contributed by atoms with Crippen molar-refractivity contribution in [2.75, 3.05) is 5.43 Å². The Labute approximate surface area is 201 Å². The molecule has 0 spiro atoms. The van der Waals surface area contributed by atoms with E-state index in [1.807, 2.05) is 60.7 Å². The maximum Gasteiger partial charge on any atom is 0.368 e. The van der Waals surface area contributed by atoms with Crippen LogP contribution in [0.2, 0.25) is 0 Å². The molecule has 0 radical (unpaired) electrons. The van der Waals surface area contributed by atoms with Crippen LogP contribution in [0.3, 0.4) is 0 Å². The number of aromatic nitrogens is 3. The highest BCUT2D eigenvalue weighted by atomic mass is 79.9. The van der Waals surface area contributed by atoms with Gasteiger partial charge in [-0.05, 0) is 36.0 Å². The number of halogens is 1. The number of aromatic hydroxyl groups is 1. The SMILES string of the molecule is O=C1ON=C(c2ccccc2)C1(Br)Sc1nnc(-c2ccccc2O)n1Nc1ccccc1. The minimum absolute atomic E-state index is 0.0536. The summed E-state index contributed by atoms with van der Waals surface area (Å²) in [6.07, 6.45) is 0. The topological polar surface area (TPSA) is 102 Å². The zero-order valence-corrected chi connectivity index (χ0v) is 19.3. The largest absolute Gasteiger partial charge is 0.507 e. The predicted octanol–water partition coefficient (Wildman–Crippen LogP) is 4.67. The third-order valence-electron chi connectivity index (χ3n) is 4.86. The molecule has 8 nitrogen and oxygen atoms in total. The van der Waals surface area contributed by atoms with Gasteiger partial charge in [0.25, 0.3) is 0 Å². The molecule has 10 heteroatoms. The molecule has 1 aromatic heterocycles. The minimum atomic E-state index is -1.34. The summed E-state index contributed by atoms with van der Waals surface area (Å²) < 4.78 is 0.278. The van der Waals surface area contributed by atoms with Gasteiger partial charge in [-0.1, -0.05) is 81.7 Å². The van der Waals surface area contributed by atoms with Gasteiger partial charge in [0, 0.05) is 5.56 Å². The number of phenols is 1. The molecule has 4 aromatic rings. The highest BCUT2D eigenvalue weighted by Gasteiger charge is 2.51. The van der Waals surface area contributed by atoms with E-state index in [1.54, 1.807) is 28.9 Å². The number of anilines is 1. The Morgan fingerprint density at radius 1 is 0.939 bits per heavy atom. The van der Waals surface area contributed by atoms with Crippen LogP contribution in [0.4, 0.5) is 5.69 Å². The van der Waals surface area contributed by atoms with E-state index in [1.165, 1.54) is 0 Å². The number of para-hydroxylation sites is 2. The van der Waals surface area contributed by atoms with Crippen LogP contribution in [0.1, 0.15) is 5.56 Å². The van der Waals surface area contributed by atoms with Gasteiger partial charge in [0.1, 0.15) is 11.5 Å². The summed E-state index contributed by atoms with van der Waals surface area (Å²) in [6, 6.07) is 25.6. The van der Waals surface area contributed by atoms with Crippen molar-refractivity contribution < 1.29 is 14.7 Å². The molecule has 5 rings (SSSR count). The summed E-state index contributed by atoms with van der Waals surface area (Å²) in [7, 11) is 0. The summed E-state index contributed by atoms with van der Waals surface area (Å²) in [5.41, 5.74) is 5.65. The fourth-order valence-electron chi connectivity index (χ4n) is 3.27. The minimum Gasteiger partial charge on any atom is -0.507 e. The summed E-state index contributed by atoms with van der Waals surface area (Å²) in [5, 5.41) is 23.4. The Morgan fingerprint density at radius 3 is 2.33 bits per heavy atom. The van der Waals surface area contributed by atoms with Crippen molar-refractivity contribution in [2.24, 2.45) is 5.16 Å². The third-order valence-corrected chi connectivity index (χ3v) is 7.13. The van der Waals surface area contributed by atoms with Gasteiger partial charge in [-0.3, -0.25) is 5.43 Å². The lowest BCUT2D eigenvalue weighted by Gasteiger charge is -2.20. The van der Waals surface area contributed by atoms with Crippen molar-refractivity contribution in [2.45, 2.75) is 8.81 Å². The number of thioether (sulfide) groups is 1. The van der Waals surface area contributed by atoms with E-state index in [-0.39, 0.29) is 5.75 Å². The number of alkyl halides is 1. The fourth-order valence-corrected chi connectivity index (χ4v) is 5.00. The van der Waals surface area contributed by atoms with Gasteiger partial charge in [0.2, 0.25) is 8.81 Å². The van der Waals surface area contributed by atoms with Crippen molar-refractivity contribution in [1.82, 2.24) is 14.9 Å². The summed E-state index contributed by atoms with van der Waals surface area (Å²) in [6.45, 7) is 0. The summed E-state index contributed by atoms with van der Waals surface area (Å²) in [5.74, 6) is -0.150. The van der Waals surface area contributed by atoms with Crippen molar-refractivity contribution in [3.63, 3.8) is 0 Å². The average Bonchev–Trinajstić information content (AvgIpc) is 3.35. The second kappa shape index (κ2) is 8.72. The standard InChI is InChI=1S/C23H16BrN5O3S/c24-23(19(28-32-21(23)31)15-9-3-1-4-10-15)33-22-26-25-20(17-13-7-8-14-18(17)30)29(22)27-16-11-5-2-6-12-16/h1-14,27,30H. The van der Waals surface area contributed by atoms with Crippen LogP contribution in [0.15, 0.2) is 95.2 Å². The molecule has 2 heterocycles. The smallest absolute Gasteiger partial charge is 0.368 e. The van der Waals surface area contributed by atoms with Gasteiger partial charge < -0.3 is 9.94 Å². The summed E-state index contributed by atoms with van der Waals surface area (Å²) >= 11 is 4.64. The lowest BCUT2D eigenvalue weighted by Crippen LogP contribution is -2.34. The van der Waals surface area contributed by atoms with Crippen LogP contribution in [-0.4, -0.2) is 35.3 Å². The number of phenolic OH excluding ortho intramolecular Hbond substituents is 1. The molecule has 1 unspecified atom stereocenters. The molecule has 0 bridgehead atoms. The molecule has 0 saturated heterocycles. The normalized spacial score (nSPS) is 17.5. The van der Waals surface area contributed by atoms with Crippen molar-refractivity contribution in [3.05, 3.63) is 90.5 Å². The molecule has 0 saturated carbocycles. The maximum atomic E-state index is 12.8. The molecule has 0 fully saturated rings. The molecule has 33 heavy (non-hydrogen) atoms. The van der Waals surface area contributed by atoms with E-state index in [2.05, 4.69) is 36.7 Å². The molecule has 0 amide bonds. The number of nitrogens with one attached hydrogen (secondary N) is 1.